The fourth-order valence-electron chi connectivity index (χ4n) is 3.21. The number of quaternary nitrogens is 1. The fourth-order valence-corrected chi connectivity index (χ4v) is 3.21. The molecule has 3 heteroatoms. The van der Waals surface area contributed by atoms with Crippen LogP contribution in [-0.2, 0) is 0 Å². The Morgan fingerprint density at radius 3 is 2.27 bits per heavy atom. The Labute approximate surface area is 156 Å². The number of fused-ring (bicyclic) bond motifs is 1. The standard InChI is InChI=1S/C23H28N2O/c1-5-25(6-2)14-13-24-21-16-23(19-10-7-17(3)8-11-19)26-22-12-9-18(4)15-20(21)22/h7-12,15-16H,5-6,13-14H2,1-4H3/p+1. The van der Waals surface area contributed by atoms with E-state index in [4.69, 9.17) is 9.41 Å². The first-order chi connectivity index (χ1) is 12.6. The Morgan fingerprint density at radius 1 is 0.885 bits per heavy atom. The van der Waals surface area contributed by atoms with Gasteiger partial charge in [-0.1, -0.05) is 41.5 Å². The number of likely N-dealkylation sites (N-methyl/N-ethyl adjacent to an activating group) is 1. The monoisotopic (exact) mass is 349 g/mol. The number of hydrogen-bond donors (Lipinski definition) is 1. The predicted octanol–water partition coefficient (Wildman–Crippen LogP) is 3.54. The molecule has 2 aromatic carbocycles. The summed E-state index contributed by atoms with van der Waals surface area (Å²) in [5.74, 6) is 0.871. The minimum atomic E-state index is 0.831. The summed E-state index contributed by atoms with van der Waals surface area (Å²) >= 11 is 0. The van der Waals surface area contributed by atoms with Gasteiger partial charge in [-0.05, 0) is 39.8 Å². The second-order valence-electron chi connectivity index (χ2n) is 6.95. The zero-order valence-electron chi connectivity index (χ0n) is 16.3. The molecule has 0 amide bonds. The number of nitrogens with zero attached hydrogens (tertiary/aromatic N) is 1. The largest absolute Gasteiger partial charge is 0.456 e. The van der Waals surface area contributed by atoms with E-state index in [0.29, 0.717) is 0 Å². The van der Waals surface area contributed by atoms with Gasteiger partial charge in [-0.25, -0.2) is 0 Å². The van der Waals surface area contributed by atoms with Gasteiger partial charge in [0, 0.05) is 17.0 Å². The molecule has 26 heavy (non-hydrogen) atoms. The summed E-state index contributed by atoms with van der Waals surface area (Å²) in [4.78, 5) is 6.51. The van der Waals surface area contributed by atoms with Crippen molar-refractivity contribution < 1.29 is 9.32 Å². The Kier molecular flexibility index (Phi) is 5.89. The maximum atomic E-state index is 6.19. The van der Waals surface area contributed by atoms with E-state index in [1.807, 2.05) is 0 Å². The second-order valence-corrected chi connectivity index (χ2v) is 6.95. The summed E-state index contributed by atoms with van der Waals surface area (Å²) in [6.07, 6.45) is 0. The van der Waals surface area contributed by atoms with E-state index in [9.17, 15) is 0 Å². The minimum Gasteiger partial charge on any atom is -0.456 e. The molecule has 0 aliphatic heterocycles. The third kappa shape index (κ3) is 4.23. The van der Waals surface area contributed by atoms with E-state index < -0.39 is 0 Å². The number of hydrogen-bond acceptors (Lipinski definition) is 2. The molecule has 0 aliphatic rings. The fraction of sp³-hybridized carbons (Fsp3) is 0.348. The summed E-state index contributed by atoms with van der Waals surface area (Å²) in [7, 11) is 0. The van der Waals surface area contributed by atoms with Crippen LogP contribution in [-0.4, -0.2) is 26.2 Å². The van der Waals surface area contributed by atoms with E-state index in [1.54, 1.807) is 4.90 Å². The summed E-state index contributed by atoms with van der Waals surface area (Å²) in [6.45, 7) is 12.8. The minimum absolute atomic E-state index is 0.831. The normalized spacial score (nSPS) is 12.3. The smallest absolute Gasteiger partial charge is 0.136 e. The van der Waals surface area contributed by atoms with Crippen molar-refractivity contribution in [3.05, 3.63) is 65.0 Å². The third-order valence-corrected chi connectivity index (χ3v) is 4.98. The molecule has 1 heterocycles. The summed E-state index contributed by atoms with van der Waals surface area (Å²) < 4.78 is 6.19. The molecule has 0 atom stereocenters. The molecule has 3 nitrogen and oxygen atoms in total. The van der Waals surface area contributed by atoms with Crippen molar-refractivity contribution in [3.8, 4) is 11.3 Å². The first-order valence-corrected chi connectivity index (χ1v) is 9.56. The number of benzene rings is 2. The third-order valence-electron chi connectivity index (χ3n) is 4.98. The maximum Gasteiger partial charge on any atom is 0.136 e. The molecule has 0 saturated carbocycles. The molecule has 1 N–H and O–H groups in total. The Balaban J connectivity index is 2.06. The zero-order valence-corrected chi connectivity index (χ0v) is 16.3. The van der Waals surface area contributed by atoms with Crippen molar-refractivity contribution in [1.82, 2.24) is 0 Å². The Morgan fingerprint density at radius 2 is 1.58 bits per heavy atom. The van der Waals surface area contributed by atoms with Crippen LogP contribution < -0.4 is 10.3 Å². The van der Waals surface area contributed by atoms with Gasteiger partial charge in [-0.3, -0.25) is 4.99 Å². The molecule has 0 bridgehead atoms. The molecular formula is C23H29N2O+. The molecule has 0 saturated heterocycles. The van der Waals surface area contributed by atoms with E-state index in [-0.39, 0.29) is 0 Å². The average Bonchev–Trinajstić information content (AvgIpc) is 2.66. The van der Waals surface area contributed by atoms with Crippen LogP contribution in [0.2, 0.25) is 0 Å². The molecule has 1 aromatic heterocycles. The second kappa shape index (κ2) is 8.33. The van der Waals surface area contributed by atoms with Crippen LogP contribution in [0.1, 0.15) is 25.0 Å². The summed E-state index contributed by atoms with van der Waals surface area (Å²) in [6, 6.07) is 16.8. The van der Waals surface area contributed by atoms with Gasteiger partial charge in [0.2, 0.25) is 0 Å². The molecule has 0 spiro atoms. The average molecular weight is 349 g/mol. The quantitative estimate of drug-likeness (QED) is 0.725. The number of aryl methyl sites for hydroxylation is 2. The number of rotatable bonds is 6. The van der Waals surface area contributed by atoms with Gasteiger partial charge in [0.1, 0.15) is 11.3 Å². The lowest BCUT2D eigenvalue weighted by molar-refractivity contribution is -0.894. The predicted molar refractivity (Wildman–Crippen MR) is 108 cm³/mol. The highest BCUT2D eigenvalue weighted by atomic mass is 16.3. The molecule has 136 valence electrons. The molecule has 0 unspecified atom stereocenters. The molecule has 3 rings (SSSR count). The van der Waals surface area contributed by atoms with E-state index in [1.165, 1.54) is 11.1 Å². The van der Waals surface area contributed by atoms with Crippen LogP contribution in [0.15, 0.2) is 57.9 Å². The van der Waals surface area contributed by atoms with Crippen LogP contribution in [0.5, 0.6) is 0 Å². The SMILES string of the molecule is CC[NH+](CC)CCN=c1cc(-c2ccc(C)cc2)oc2ccc(C)cc12. The van der Waals surface area contributed by atoms with Gasteiger partial charge in [0.15, 0.2) is 0 Å². The highest BCUT2D eigenvalue weighted by Crippen LogP contribution is 2.23. The first-order valence-electron chi connectivity index (χ1n) is 9.56. The van der Waals surface area contributed by atoms with Crippen molar-refractivity contribution in [2.24, 2.45) is 4.99 Å². The van der Waals surface area contributed by atoms with Crippen LogP contribution in [0.4, 0.5) is 0 Å². The highest BCUT2D eigenvalue weighted by Gasteiger charge is 2.07. The van der Waals surface area contributed by atoms with E-state index >= 15 is 0 Å². The van der Waals surface area contributed by atoms with Crippen molar-refractivity contribution in [2.75, 3.05) is 26.2 Å². The molecule has 0 fully saturated rings. The van der Waals surface area contributed by atoms with Crippen molar-refractivity contribution >= 4 is 11.0 Å². The van der Waals surface area contributed by atoms with Gasteiger partial charge < -0.3 is 9.32 Å². The zero-order chi connectivity index (χ0) is 18.5. The lowest BCUT2D eigenvalue weighted by Crippen LogP contribution is -3.11. The Bertz CT molecular complexity index is 935. The summed E-state index contributed by atoms with van der Waals surface area (Å²) in [5, 5.41) is 2.12. The van der Waals surface area contributed by atoms with Crippen LogP contribution in [0, 0.1) is 13.8 Å². The molecule has 0 aliphatic carbocycles. The Hall–Kier alpha value is -2.39. The van der Waals surface area contributed by atoms with E-state index in [0.717, 1.165) is 53.8 Å². The topological polar surface area (TPSA) is 29.9 Å². The van der Waals surface area contributed by atoms with Gasteiger partial charge in [0.25, 0.3) is 0 Å². The number of nitrogens with one attached hydrogen (secondary N) is 1. The molecular weight excluding hydrogens is 320 g/mol. The van der Waals surface area contributed by atoms with Crippen LogP contribution in [0.25, 0.3) is 22.3 Å². The lowest BCUT2D eigenvalue weighted by atomic mass is 10.1. The summed E-state index contributed by atoms with van der Waals surface area (Å²) in [5.41, 5.74) is 4.45. The maximum absolute atomic E-state index is 6.19. The molecule has 3 aromatic rings. The van der Waals surface area contributed by atoms with Gasteiger partial charge >= 0.3 is 0 Å². The van der Waals surface area contributed by atoms with Crippen molar-refractivity contribution in [2.45, 2.75) is 27.7 Å². The van der Waals surface area contributed by atoms with Gasteiger partial charge in [-0.2, -0.15) is 0 Å². The van der Waals surface area contributed by atoms with Gasteiger partial charge in [-0.15, -0.1) is 0 Å². The van der Waals surface area contributed by atoms with Crippen molar-refractivity contribution in [1.29, 1.82) is 0 Å². The first kappa shape index (κ1) is 18.4. The van der Waals surface area contributed by atoms with E-state index in [2.05, 4.69) is 76.2 Å². The lowest BCUT2D eigenvalue weighted by Gasteiger charge is -2.13. The highest BCUT2D eigenvalue weighted by molar-refractivity contribution is 5.79. The van der Waals surface area contributed by atoms with Gasteiger partial charge in [0.05, 0.1) is 31.5 Å². The van der Waals surface area contributed by atoms with Crippen molar-refractivity contribution in [3.63, 3.8) is 0 Å². The van der Waals surface area contributed by atoms with Crippen LogP contribution >= 0.6 is 0 Å². The molecule has 0 radical (unpaired) electrons. The van der Waals surface area contributed by atoms with Crippen LogP contribution in [0.3, 0.4) is 0 Å².